The lowest BCUT2D eigenvalue weighted by atomic mass is 9.96. The van der Waals surface area contributed by atoms with Crippen LogP contribution in [0.5, 0.6) is 0 Å². The van der Waals surface area contributed by atoms with Gasteiger partial charge in [-0.2, -0.15) is 0 Å². The van der Waals surface area contributed by atoms with Crippen molar-refractivity contribution in [3.05, 3.63) is 40.9 Å². The molecule has 122 valence electrons. The maximum atomic E-state index is 12.4. The number of carbonyl (C=O) groups is 1. The van der Waals surface area contributed by atoms with E-state index in [0.717, 1.165) is 10.6 Å². The van der Waals surface area contributed by atoms with Crippen LogP contribution in [0.4, 0.5) is 0 Å². The first-order valence-corrected chi connectivity index (χ1v) is 8.51. The summed E-state index contributed by atoms with van der Waals surface area (Å²) in [5.41, 5.74) is 1.08. The first kappa shape index (κ1) is 16.1. The number of pyridine rings is 1. The topological polar surface area (TPSA) is 71.5 Å². The van der Waals surface area contributed by atoms with Crippen LogP contribution in [0.3, 0.4) is 0 Å². The number of aromatic nitrogens is 1. The van der Waals surface area contributed by atoms with E-state index in [0.29, 0.717) is 24.3 Å². The Kier molecular flexibility index (Phi) is 4.48. The van der Waals surface area contributed by atoms with Crippen LogP contribution < -0.4 is 5.32 Å². The van der Waals surface area contributed by atoms with Gasteiger partial charge in [0.2, 0.25) is 0 Å². The van der Waals surface area contributed by atoms with Crippen LogP contribution >= 0.6 is 11.3 Å². The molecule has 1 aliphatic heterocycles. The first-order valence-electron chi connectivity index (χ1n) is 7.63. The van der Waals surface area contributed by atoms with Crippen molar-refractivity contribution in [2.45, 2.75) is 32.0 Å². The van der Waals surface area contributed by atoms with Gasteiger partial charge in [0, 0.05) is 19.6 Å². The van der Waals surface area contributed by atoms with Crippen LogP contribution in [0.2, 0.25) is 0 Å². The fraction of sp³-hybridized carbons (Fsp3) is 0.412. The van der Waals surface area contributed by atoms with Gasteiger partial charge in [0.25, 0.3) is 5.91 Å². The number of amides is 1. The number of aryl methyl sites for hydroxylation is 1. The molecule has 5 nitrogen and oxygen atoms in total. The van der Waals surface area contributed by atoms with E-state index in [1.165, 1.54) is 0 Å². The number of nitrogens with one attached hydrogen (secondary N) is 1. The van der Waals surface area contributed by atoms with E-state index in [4.69, 9.17) is 4.74 Å². The molecule has 6 heteroatoms. The van der Waals surface area contributed by atoms with Gasteiger partial charge in [0.1, 0.15) is 5.60 Å². The molecule has 0 saturated carbocycles. The predicted octanol–water partition coefficient (Wildman–Crippen LogP) is 2.39. The molecule has 0 spiro atoms. The van der Waals surface area contributed by atoms with Crippen molar-refractivity contribution in [1.29, 1.82) is 0 Å². The zero-order chi connectivity index (χ0) is 16.4. The number of hydrogen-bond acceptors (Lipinski definition) is 5. The second-order valence-corrected chi connectivity index (χ2v) is 6.80. The molecular weight excluding hydrogens is 312 g/mol. The van der Waals surface area contributed by atoms with Gasteiger partial charge < -0.3 is 15.2 Å². The van der Waals surface area contributed by atoms with Gasteiger partial charge in [-0.15, -0.1) is 11.3 Å². The molecule has 1 fully saturated rings. The third-order valence-electron chi connectivity index (χ3n) is 4.32. The molecule has 0 aromatic carbocycles. The zero-order valence-corrected chi connectivity index (χ0v) is 14.0. The van der Waals surface area contributed by atoms with Crippen molar-refractivity contribution in [3.63, 3.8) is 0 Å². The second kappa shape index (κ2) is 6.39. The molecule has 0 radical (unpaired) electrons. The number of aliphatic hydroxyl groups is 1. The normalized spacial score (nSPS) is 23.9. The number of nitrogens with zero attached hydrogens (tertiary/aromatic N) is 1. The molecule has 1 saturated heterocycles. The highest BCUT2D eigenvalue weighted by atomic mass is 32.1. The molecule has 2 N–H and O–H groups in total. The number of carbonyl (C=O) groups excluding carboxylic acids is 1. The quantitative estimate of drug-likeness (QED) is 0.902. The average Bonchev–Trinajstić information content (AvgIpc) is 3.16. The molecule has 3 heterocycles. The molecule has 3 rings (SSSR count). The van der Waals surface area contributed by atoms with Crippen molar-refractivity contribution in [2.75, 3.05) is 13.2 Å². The predicted molar refractivity (Wildman–Crippen MR) is 89.6 cm³/mol. The SMILES string of the molecule is Cc1nc(-c2cccs2)ccc1C(=O)NC[C@@]1(O)CCO[C@H]1C. The highest BCUT2D eigenvalue weighted by molar-refractivity contribution is 7.13. The van der Waals surface area contributed by atoms with Crippen LogP contribution in [0.15, 0.2) is 29.6 Å². The summed E-state index contributed by atoms with van der Waals surface area (Å²) in [6, 6.07) is 7.61. The third-order valence-corrected chi connectivity index (χ3v) is 5.21. The van der Waals surface area contributed by atoms with Crippen LogP contribution in [0.25, 0.3) is 10.6 Å². The maximum Gasteiger partial charge on any atom is 0.253 e. The van der Waals surface area contributed by atoms with Crippen LogP contribution in [0, 0.1) is 6.92 Å². The Morgan fingerprint density at radius 1 is 1.52 bits per heavy atom. The Hall–Kier alpha value is -1.76. The van der Waals surface area contributed by atoms with E-state index < -0.39 is 5.60 Å². The molecule has 2 atom stereocenters. The maximum absolute atomic E-state index is 12.4. The molecule has 0 bridgehead atoms. The summed E-state index contributed by atoms with van der Waals surface area (Å²) in [6.07, 6.45) is 0.256. The summed E-state index contributed by atoms with van der Waals surface area (Å²) in [5, 5.41) is 15.2. The molecule has 2 aromatic heterocycles. The number of rotatable bonds is 4. The smallest absolute Gasteiger partial charge is 0.253 e. The van der Waals surface area contributed by atoms with E-state index in [2.05, 4.69) is 10.3 Å². The van der Waals surface area contributed by atoms with E-state index in [1.807, 2.05) is 37.4 Å². The molecule has 0 unspecified atom stereocenters. The minimum absolute atomic E-state index is 0.180. The summed E-state index contributed by atoms with van der Waals surface area (Å²) >= 11 is 1.62. The zero-order valence-electron chi connectivity index (χ0n) is 13.2. The Labute approximate surface area is 139 Å². The summed E-state index contributed by atoms with van der Waals surface area (Å²) in [4.78, 5) is 18.0. The highest BCUT2D eigenvalue weighted by Crippen LogP contribution is 2.26. The number of hydrogen-bond donors (Lipinski definition) is 2. The lowest BCUT2D eigenvalue weighted by Crippen LogP contribution is -2.47. The lowest BCUT2D eigenvalue weighted by Gasteiger charge is -2.26. The molecule has 2 aromatic rings. The van der Waals surface area contributed by atoms with Gasteiger partial charge in [0.05, 0.1) is 27.9 Å². The van der Waals surface area contributed by atoms with Crippen LogP contribution in [-0.4, -0.2) is 40.9 Å². The van der Waals surface area contributed by atoms with Crippen molar-refractivity contribution >= 4 is 17.2 Å². The lowest BCUT2D eigenvalue weighted by molar-refractivity contribution is -0.0251. The summed E-state index contributed by atoms with van der Waals surface area (Å²) in [6.45, 7) is 4.34. The Morgan fingerprint density at radius 2 is 2.35 bits per heavy atom. The monoisotopic (exact) mass is 332 g/mol. The fourth-order valence-corrected chi connectivity index (χ4v) is 3.39. The molecule has 1 amide bonds. The molecular formula is C17H20N2O3S. The van der Waals surface area contributed by atoms with Gasteiger partial charge in [0.15, 0.2) is 0 Å². The van der Waals surface area contributed by atoms with Gasteiger partial charge in [-0.3, -0.25) is 9.78 Å². The fourth-order valence-electron chi connectivity index (χ4n) is 2.69. The summed E-state index contributed by atoms with van der Waals surface area (Å²) in [7, 11) is 0. The Morgan fingerprint density at radius 3 is 2.96 bits per heavy atom. The van der Waals surface area contributed by atoms with Gasteiger partial charge in [-0.1, -0.05) is 6.07 Å². The van der Waals surface area contributed by atoms with E-state index in [1.54, 1.807) is 17.4 Å². The van der Waals surface area contributed by atoms with Crippen molar-refractivity contribution < 1.29 is 14.6 Å². The number of ether oxygens (including phenoxy) is 1. The summed E-state index contributed by atoms with van der Waals surface area (Å²) < 4.78 is 5.37. The van der Waals surface area contributed by atoms with Crippen molar-refractivity contribution in [1.82, 2.24) is 10.3 Å². The average molecular weight is 332 g/mol. The molecule has 23 heavy (non-hydrogen) atoms. The molecule has 0 aliphatic carbocycles. The van der Waals surface area contributed by atoms with E-state index in [9.17, 15) is 9.90 Å². The third kappa shape index (κ3) is 3.29. The first-order chi connectivity index (χ1) is 11.0. The number of thiophene rings is 1. The highest BCUT2D eigenvalue weighted by Gasteiger charge is 2.39. The van der Waals surface area contributed by atoms with Crippen LogP contribution in [0.1, 0.15) is 29.4 Å². The van der Waals surface area contributed by atoms with Gasteiger partial charge in [-0.05, 0) is 37.4 Å². The van der Waals surface area contributed by atoms with Gasteiger partial charge >= 0.3 is 0 Å². The Balaban J connectivity index is 1.70. The minimum atomic E-state index is -0.992. The van der Waals surface area contributed by atoms with E-state index >= 15 is 0 Å². The Bertz CT molecular complexity index is 702. The van der Waals surface area contributed by atoms with E-state index in [-0.39, 0.29) is 18.6 Å². The second-order valence-electron chi connectivity index (χ2n) is 5.86. The standard InChI is InChI=1S/C17H20N2O3S/c1-11-13(5-6-14(19-11)15-4-3-9-23-15)16(20)18-10-17(21)7-8-22-12(17)2/h3-6,9,12,21H,7-8,10H2,1-2H3,(H,18,20)/t12-,17-/m0/s1. The van der Waals surface area contributed by atoms with Crippen molar-refractivity contribution in [2.24, 2.45) is 0 Å². The largest absolute Gasteiger partial charge is 0.385 e. The van der Waals surface area contributed by atoms with Gasteiger partial charge in [-0.25, -0.2) is 0 Å². The minimum Gasteiger partial charge on any atom is -0.385 e. The van der Waals surface area contributed by atoms with Crippen LogP contribution in [-0.2, 0) is 4.74 Å². The van der Waals surface area contributed by atoms with Crippen molar-refractivity contribution in [3.8, 4) is 10.6 Å². The molecule has 1 aliphatic rings. The summed E-state index contributed by atoms with van der Waals surface area (Å²) in [5.74, 6) is -0.222.